The number of para-hydroxylation sites is 2. The minimum Gasteiger partial charge on any atom is -0.384 e. The molecule has 14 heterocycles. The molecule has 0 radical (unpaired) electrons. The summed E-state index contributed by atoms with van der Waals surface area (Å²) in [6.07, 6.45) is 23.6. The molecule has 139 heavy (non-hydrogen) atoms. The lowest BCUT2D eigenvalue weighted by Crippen LogP contribution is -2.42. The summed E-state index contributed by atoms with van der Waals surface area (Å²) in [5.41, 5.74) is 20.1. The predicted molar refractivity (Wildman–Crippen MR) is 641 cm³/mol. The molecule has 802 valence electrons. The largest absolute Gasteiger partial charge is 0.384 e. The summed E-state index contributed by atoms with van der Waals surface area (Å²) in [6.45, 7) is 67.0. The molecular weight excluding hydrogens is 1730 g/mol. The van der Waals surface area contributed by atoms with Crippen LogP contribution in [0.1, 0.15) is 285 Å². The third kappa shape index (κ3) is 103. The Kier molecular flexibility index (Phi) is 157. The number of piperazine rings is 2. The van der Waals surface area contributed by atoms with Gasteiger partial charge in [0.25, 0.3) is 0 Å². The molecule has 9 aromatic heterocycles. The number of hydrogen-bond donors (Lipinski definition) is 3. The van der Waals surface area contributed by atoms with Crippen molar-refractivity contribution in [3.63, 3.8) is 0 Å². The van der Waals surface area contributed by atoms with Gasteiger partial charge in [-0.2, -0.15) is 0 Å². The summed E-state index contributed by atoms with van der Waals surface area (Å²) in [6, 6.07) is 65.2. The quantitative estimate of drug-likeness (QED) is 0.128. The Morgan fingerprint density at radius 1 is 0.309 bits per heavy atom. The van der Waals surface area contributed by atoms with E-state index in [0.717, 1.165) is 52.8 Å². The van der Waals surface area contributed by atoms with Crippen molar-refractivity contribution in [1.82, 2.24) is 78.9 Å². The van der Waals surface area contributed by atoms with Crippen molar-refractivity contribution in [1.29, 1.82) is 0 Å². The van der Waals surface area contributed by atoms with E-state index in [-0.39, 0.29) is 74.3 Å². The number of piperidine rings is 1. The summed E-state index contributed by atoms with van der Waals surface area (Å²) in [7, 11) is 15.1. The maximum Gasteiger partial charge on any atom is 0.131 e. The zero-order valence-corrected chi connectivity index (χ0v) is 88.1. The van der Waals surface area contributed by atoms with Crippen molar-refractivity contribution in [2.45, 2.75) is 293 Å². The van der Waals surface area contributed by atoms with Crippen molar-refractivity contribution < 1.29 is 0 Å². The molecule has 21 heteroatoms. The van der Waals surface area contributed by atoms with Crippen molar-refractivity contribution in [3.05, 3.63) is 301 Å². The Morgan fingerprint density at radius 2 is 0.655 bits per heavy atom. The second-order valence-electron chi connectivity index (χ2n) is 26.9. The molecule has 3 saturated heterocycles. The van der Waals surface area contributed by atoms with Crippen LogP contribution < -0.4 is 21.3 Å². The number of aromatic amines is 1. The summed E-state index contributed by atoms with van der Waals surface area (Å²) >= 11 is 1.35. The van der Waals surface area contributed by atoms with E-state index < -0.39 is 0 Å². The minimum atomic E-state index is 0. The Bertz CT molecular complexity index is 3580. The normalized spacial score (nSPS) is 11.5. The van der Waals surface area contributed by atoms with Crippen LogP contribution in [0.3, 0.4) is 0 Å². The number of pyridine rings is 7. The van der Waals surface area contributed by atoms with Crippen LogP contribution in [0.15, 0.2) is 261 Å². The van der Waals surface area contributed by atoms with Crippen LogP contribution in [0, 0.1) is 40.5 Å². The molecule has 12 aromatic rings. The number of fused-ring (bicyclic) bond motifs is 3. The van der Waals surface area contributed by atoms with Crippen LogP contribution >= 0.6 is 11.5 Å². The molecule has 0 atom stereocenters. The zero-order valence-electron chi connectivity index (χ0n) is 87.3. The van der Waals surface area contributed by atoms with Crippen molar-refractivity contribution in [2.24, 2.45) is 5.92 Å². The van der Waals surface area contributed by atoms with Crippen LogP contribution in [0.5, 0.6) is 0 Å². The highest BCUT2D eigenvalue weighted by Crippen LogP contribution is 2.23. The molecule has 20 nitrogen and oxygen atoms in total. The number of nitrogen functional groups attached to an aromatic ring is 2. The van der Waals surface area contributed by atoms with Gasteiger partial charge in [-0.1, -0.05) is 339 Å². The van der Waals surface area contributed by atoms with Gasteiger partial charge in [-0.25, -0.2) is 24.9 Å². The second-order valence-corrected chi connectivity index (χ2v) is 27.6. The van der Waals surface area contributed by atoms with Crippen LogP contribution in [-0.2, 0) is 12.8 Å². The molecule has 17 rings (SSSR count). The first kappa shape index (κ1) is 168. The highest BCUT2D eigenvalue weighted by atomic mass is 32.1. The second kappa shape index (κ2) is 130. The Hall–Kier alpha value is -10.3. The lowest BCUT2D eigenvalue weighted by atomic mass is 10.00. The molecule has 5 aliphatic rings. The van der Waals surface area contributed by atoms with Crippen molar-refractivity contribution in [2.75, 3.05) is 149 Å². The van der Waals surface area contributed by atoms with Crippen molar-refractivity contribution >= 4 is 45.8 Å². The standard InChI is InChI=1S/2C9H12N2.C8H8N2.C7H15N.2C6H14N2.2C6H8N2.2C6H7N.2C6H6.C5H5N.C2H2N2S.10C2H6.10CH4/c2*1-11-7-3-5-8-4-2-6-10-9(8)11;1-6-9-7-4-2-3-5-8(7)10-6;3*1-7-3-5-8(2)6-4-7;1-5-2-3-8-6(7)4-5;1-5-3-2-4-6(7)8-5;1-6-2-4-7-5-3-6;1-6-4-2-3-5-7-6;3*1-2-4-6-5-3-1;1-2-5-4-3-1;10*1-2;;;;;;;;;;/h2*2,4,6H,3,5,7H2,1H3;2-5H,1H3,(H,9,10);7H,3-6H2,1-2H3;2*3-6H2,1-2H3;2*2-4H,1H3,(H2,7,8);2*2-5H,1H3;2*1-6H;1-5H;1-2H;10*1-2H3;10*1H4. The number of imidazole rings is 1. The molecule has 5 aliphatic heterocycles. The fraction of sp³-hybridized carbons (Fsp3) is 0.525. The molecule has 0 unspecified atom stereocenters. The first-order chi connectivity index (χ1) is 62.8. The molecule has 3 aromatic carbocycles. The van der Waals surface area contributed by atoms with Gasteiger partial charge in [-0.3, -0.25) is 15.0 Å². The maximum absolute atomic E-state index is 5.35. The molecule has 0 amide bonds. The number of likely N-dealkylation sites (tertiary alicyclic amines) is 1. The number of hydrogen-bond acceptors (Lipinski definition) is 20. The number of likely N-dealkylation sites (N-methyl/N-ethyl adjacent to an activating group) is 4. The lowest BCUT2D eigenvalue weighted by molar-refractivity contribution is 0.181. The van der Waals surface area contributed by atoms with Crippen LogP contribution in [-0.4, -0.2) is 207 Å². The van der Waals surface area contributed by atoms with E-state index in [4.69, 9.17) is 11.5 Å². The number of anilines is 4. The van der Waals surface area contributed by atoms with Gasteiger partial charge in [0, 0.05) is 146 Å². The molecule has 0 spiro atoms. The summed E-state index contributed by atoms with van der Waals surface area (Å²) in [5, 5.41) is 5.31. The predicted octanol–water partition coefficient (Wildman–Crippen LogP) is 32.2. The number of H-pyrrole nitrogens is 1. The first-order valence-corrected chi connectivity index (χ1v) is 48.5. The van der Waals surface area contributed by atoms with Crippen LogP contribution in [0.25, 0.3) is 11.0 Å². The van der Waals surface area contributed by atoms with Gasteiger partial charge < -0.3 is 50.8 Å². The Labute approximate surface area is 868 Å². The molecule has 3 fully saturated rings. The van der Waals surface area contributed by atoms with E-state index >= 15 is 0 Å². The number of nitrogens with one attached hydrogen (secondary N) is 1. The van der Waals surface area contributed by atoms with Gasteiger partial charge in [-0.15, -0.1) is 5.10 Å². The van der Waals surface area contributed by atoms with E-state index in [1.54, 1.807) is 49.4 Å². The summed E-state index contributed by atoms with van der Waals surface area (Å²) < 4.78 is 3.51. The van der Waals surface area contributed by atoms with Gasteiger partial charge >= 0.3 is 0 Å². The van der Waals surface area contributed by atoms with E-state index in [9.17, 15) is 0 Å². The number of rotatable bonds is 0. The summed E-state index contributed by atoms with van der Waals surface area (Å²) in [5.74, 6) is 5.46. The number of nitrogens with two attached hydrogens (primary N) is 2. The molecule has 5 N–H and O–H groups in total. The van der Waals surface area contributed by atoms with E-state index in [2.05, 4.69) is 157 Å². The Morgan fingerprint density at radius 3 is 0.906 bits per heavy atom. The van der Waals surface area contributed by atoms with E-state index in [0.29, 0.717) is 11.6 Å². The van der Waals surface area contributed by atoms with Crippen LogP contribution in [0.2, 0.25) is 0 Å². The topological polar surface area (TPSA) is 219 Å². The van der Waals surface area contributed by atoms with E-state index in [1.165, 1.54) is 144 Å². The maximum atomic E-state index is 5.35. The highest BCUT2D eigenvalue weighted by molar-refractivity contribution is 7.03. The fourth-order valence-corrected chi connectivity index (χ4v) is 10.7. The highest BCUT2D eigenvalue weighted by Gasteiger charge is 2.15. The fourth-order valence-electron chi connectivity index (χ4n) is 10.4. The average Bonchev–Trinajstić information content (AvgIpc) is 1.83. The number of aryl methyl sites for hydroxylation is 7. The smallest absolute Gasteiger partial charge is 0.131 e. The molecule has 0 bridgehead atoms. The number of aromatic nitrogens is 11. The number of benzene rings is 3. The Balaban J connectivity index is -0.0000000756. The third-order valence-corrected chi connectivity index (χ3v) is 17.4. The van der Waals surface area contributed by atoms with Gasteiger partial charge in [-0.05, 0) is 246 Å². The number of nitrogens with zero attached hydrogens (tertiary/aromatic N) is 17. The van der Waals surface area contributed by atoms with Gasteiger partial charge in [0.2, 0.25) is 0 Å². The van der Waals surface area contributed by atoms with Gasteiger partial charge in [0.05, 0.1) is 17.2 Å². The first-order valence-electron chi connectivity index (χ1n) is 47.7. The van der Waals surface area contributed by atoms with Crippen molar-refractivity contribution in [3.8, 4) is 0 Å². The zero-order chi connectivity index (χ0) is 98.7. The monoisotopic (exact) mass is 1950 g/mol. The molecule has 0 aliphatic carbocycles. The lowest BCUT2D eigenvalue weighted by Gasteiger charge is -2.28. The van der Waals surface area contributed by atoms with Gasteiger partial charge in [0.15, 0.2) is 0 Å². The van der Waals surface area contributed by atoms with Crippen LogP contribution in [0.4, 0.5) is 23.3 Å². The summed E-state index contributed by atoms with van der Waals surface area (Å²) in [4.78, 5) is 51.7. The molecular formula is C118H224N20S. The SMILES string of the molecule is C.C.C.C.C.C.C.C.C.C.CC.CC.CC.CC.CC.CC.CC.CC.CC.CC.CC1CCN(C)CC1.CN1CCCc2cccnc21.CN1CCCc2cccnc21.CN1CCN(C)CC1.CN1CCN(C)CC1.Cc1cccc(N)n1.Cc1ccccn1.Cc1ccnc(N)c1.Cc1ccncc1.Cc1nc2ccccc2[nH]1.c1ccccc1.c1ccccc1.c1ccncc1.c1csnn1. The van der Waals surface area contributed by atoms with Gasteiger partial charge in [0.1, 0.15) is 29.1 Å². The average molecular weight is 1960 g/mol. The third-order valence-electron chi connectivity index (χ3n) is 17.0. The molecule has 0 saturated carbocycles. The minimum absolute atomic E-state index is 0. The van der Waals surface area contributed by atoms with E-state index in [1.807, 2.05) is 373 Å².